The fraction of sp³-hybridized carbons (Fsp3) is 0.737. The molecule has 1 N–H and O–H groups in total. The molecule has 4 aliphatic carbocycles. The van der Waals surface area contributed by atoms with Gasteiger partial charge in [-0.2, -0.15) is 0 Å². The predicted molar refractivity (Wildman–Crippen MR) is 82.6 cm³/mol. The van der Waals surface area contributed by atoms with Crippen molar-refractivity contribution in [3.05, 3.63) is 23.8 Å². The lowest BCUT2D eigenvalue weighted by atomic mass is 9.48. The molecule has 0 aromatic rings. The van der Waals surface area contributed by atoms with E-state index >= 15 is 0 Å². The number of hydrogen-bond donors (Lipinski definition) is 1. The molecule has 0 saturated heterocycles. The number of rotatable bonds is 0. The highest BCUT2D eigenvalue weighted by Crippen LogP contribution is 2.64. The molecule has 0 amide bonds. The average molecular weight is 286 g/mol. The summed E-state index contributed by atoms with van der Waals surface area (Å²) in [6.45, 7) is 4.66. The Hall–Kier alpha value is -0.890. The smallest absolute Gasteiger partial charge is 0.178 e. The van der Waals surface area contributed by atoms with E-state index in [2.05, 4.69) is 19.9 Å². The largest absolute Gasteiger partial charge is 0.393 e. The van der Waals surface area contributed by atoms with Gasteiger partial charge in [0.15, 0.2) is 5.78 Å². The third-order valence-electron chi connectivity index (χ3n) is 7.51. The molecule has 0 aliphatic heterocycles. The molecule has 3 fully saturated rings. The summed E-state index contributed by atoms with van der Waals surface area (Å²) >= 11 is 0. The summed E-state index contributed by atoms with van der Waals surface area (Å²) in [4.78, 5) is 11.7. The van der Waals surface area contributed by atoms with Crippen LogP contribution in [0.1, 0.15) is 52.4 Å². The van der Waals surface area contributed by atoms with Crippen LogP contribution in [0, 0.1) is 28.6 Å². The summed E-state index contributed by atoms with van der Waals surface area (Å²) in [6.07, 6.45) is 12.6. The van der Waals surface area contributed by atoms with Gasteiger partial charge in [-0.1, -0.05) is 25.5 Å². The van der Waals surface area contributed by atoms with Gasteiger partial charge in [-0.3, -0.25) is 4.79 Å². The van der Waals surface area contributed by atoms with E-state index in [1.165, 1.54) is 24.8 Å². The van der Waals surface area contributed by atoms with Crippen molar-refractivity contribution >= 4 is 5.78 Å². The number of aliphatic hydroxyl groups excluding tert-OH is 1. The number of carbonyl (C=O) groups is 1. The Labute approximate surface area is 127 Å². The number of fused-ring (bicyclic) bond motifs is 5. The van der Waals surface area contributed by atoms with Crippen molar-refractivity contribution in [2.75, 3.05) is 0 Å². The van der Waals surface area contributed by atoms with E-state index < -0.39 is 0 Å². The Bertz CT molecular complexity index is 546. The second-order valence-corrected chi connectivity index (χ2v) is 8.24. The van der Waals surface area contributed by atoms with Crippen molar-refractivity contribution in [3.63, 3.8) is 0 Å². The summed E-state index contributed by atoms with van der Waals surface area (Å²) in [7, 11) is 0. The first-order valence-electron chi connectivity index (χ1n) is 8.57. The van der Waals surface area contributed by atoms with Crippen LogP contribution in [0.5, 0.6) is 0 Å². The van der Waals surface area contributed by atoms with Gasteiger partial charge in [0, 0.05) is 5.41 Å². The van der Waals surface area contributed by atoms with E-state index in [-0.39, 0.29) is 22.7 Å². The first-order chi connectivity index (χ1) is 9.95. The minimum atomic E-state index is -0.100. The zero-order valence-electron chi connectivity index (χ0n) is 13.1. The molecule has 0 unspecified atom stereocenters. The maximum atomic E-state index is 11.7. The van der Waals surface area contributed by atoms with Gasteiger partial charge in [0.1, 0.15) is 0 Å². The molecular weight excluding hydrogens is 260 g/mol. The van der Waals surface area contributed by atoms with Crippen LogP contribution in [0.4, 0.5) is 0 Å². The van der Waals surface area contributed by atoms with Crippen LogP contribution < -0.4 is 0 Å². The normalized spacial score (nSPS) is 52.0. The maximum Gasteiger partial charge on any atom is 0.178 e. The lowest BCUT2D eigenvalue weighted by Gasteiger charge is -2.56. The molecule has 3 saturated carbocycles. The first kappa shape index (κ1) is 13.8. The van der Waals surface area contributed by atoms with E-state index in [1.807, 2.05) is 6.08 Å². The Morgan fingerprint density at radius 1 is 1.14 bits per heavy atom. The number of hydrogen-bond acceptors (Lipinski definition) is 2. The van der Waals surface area contributed by atoms with E-state index in [9.17, 15) is 9.90 Å². The van der Waals surface area contributed by atoms with Gasteiger partial charge in [-0.05, 0) is 73.8 Å². The Morgan fingerprint density at radius 3 is 2.76 bits per heavy atom. The molecule has 6 atom stereocenters. The quantitative estimate of drug-likeness (QED) is 0.738. The van der Waals surface area contributed by atoms with Crippen LogP contribution in [0.25, 0.3) is 0 Å². The third kappa shape index (κ3) is 1.72. The fourth-order valence-corrected chi connectivity index (χ4v) is 6.17. The molecule has 0 bridgehead atoms. The minimum absolute atomic E-state index is 0.0890. The second-order valence-electron chi connectivity index (χ2n) is 8.24. The number of aliphatic hydroxyl groups is 1. The van der Waals surface area contributed by atoms with E-state index in [0.29, 0.717) is 11.8 Å². The number of allylic oxidation sites excluding steroid dienone is 4. The molecular formula is C19H26O2. The second kappa shape index (κ2) is 4.32. The summed E-state index contributed by atoms with van der Waals surface area (Å²) in [5, 5.41) is 10.4. The molecule has 0 heterocycles. The van der Waals surface area contributed by atoms with Crippen LogP contribution in [0.3, 0.4) is 0 Å². The van der Waals surface area contributed by atoms with Crippen molar-refractivity contribution in [2.24, 2.45) is 28.6 Å². The average Bonchev–Trinajstić information content (AvgIpc) is 2.76. The molecule has 114 valence electrons. The highest BCUT2D eigenvalue weighted by Gasteiger charge is 2.58. The molecule has 4 rings (SSSR count). The highest BCUT2D eigenvalue weighted by molar-refractivity contribution is 6.01. The van der Waals surface area contributed by atoms with Crippen LogP contribution in [0.2, 0.25) is 0 Å². The van der Waals surface area contributed by atoms with Gasteiger partial charge < -0.3 is 5.11 Å². The van der Waals surface area contributed by atoms with Gasteiger partial charge in [-0.25, -0.2) is 0 Å². The molecule has 0 spiro atoms. The molecule has 0 aromatic carbocycles. The van der Waals surface area contributed by atoms with E-state index in [4.69, 9.17) is 0 Å². The van der Waals surface area contributed by atoms with Crippen molar-refractivity contribution in [2.45, 2.75) is 58.5 Å². The monoisotopic (exact) mass is 286 g/mol. The standard InChI is InChI=1S/C19H26O2/c1-18-9-7-13(20)11-12(18)3-4-14-15-5-6-17(21)19(15,2)10-8-16(14)18/h7,9,11,14-17,21H,3-6,8,10H2,1-2H3/t14-,15+,16-,17+,18-,19+/m1/s1. The molecule has 2 nitrogen and oxygen atoms in total. The van der Waals surface area contributed by atoms with Crippen LogP contribution in [-0.2, 0) is 4.79 Å². The van der Waals surface area contributed by atoms with Gasteiger partial charge in [0.05, 0.1) is 6.10 Å². The van der Waals surface area contributed by atoms with Crippen molar-refractivity contribution in [1.82, 2.24) is 0 Å². The summed E-state index contributed by atoms with van der Waals surface area (Å²) in [5.74, 6) is 2.22. The summed E-state index contributed by atoms with van der Waals surface area (Å²) in [6, 6.07) is 0. The Morgan fingerprint density at radius 2 is 1.95 bits per heavy atom. The van der Waals surface area contributed by atoms with Crippen LogP contribution in [0.15, 0.2) is 23.8 Å². The summed E-state index contributed by atoms with van der Waals surface area (Å²) in [5.41, 5.74) is 1.59. The zero-order valence-corrected chi connectivity index (χ0v) is 13.1. The van der Waals surface area contributed by atoms with Crippen molar-refractivity contribution in [1.29, 1.82) is 0 Å². The molecule has 4 aliphatic rings. The topological polar surface area (TPSA) is 37.3 Å². The van der Waals surface area contributed by atoms with Gasteiger partial charge in [0.2, 0.25) is 0 Å². The summed E-state index contributed by atoms with van der Waals surface area (Å²) < 4.78 is 0. The van der Waals surface area contributed by atoms with Gasteiger partial charge in [0.25, 0.3) is 0 Å². The van der Waals surface area contributed by atoms with Crippen molar-refractivity contribution in [3.8, 4) is 0 Å². The van der Waals surface area contributed by atoms with Crippen molar-refractivity contribution < 1.29 is 9.90 Å². The fourth-order valence-electron chi connectivity index (χ4n) is 6.17. The molecule has 0 aromatic heterocycles. The Balaban J connectivity index is 1.70. The maximum absolute atomic E-state index is 11.7. The third-order valence-corrected chi connectivity index (χ3v) is 7.51. The molecule has 21 heavy (non-hydrogen) atoms. The van der Waals surface area contributed by atoms with E-state index in [1.54, 1.807) is 6.08 Å². The van der Waals surface area contributed by atoms with Gasteiger partial charge in [-0.15, -0.1) is 0 Å². The zero-order chi connectivity index (χ0) is 14.8. The highest BCUT2D eigenvalue weighted by atomic mass is 16.3. The lowest BCUT2D eigenvalue weighted by Crippen LogP contribution is -2.50. The number of ketones is 1. The predicted octanol–water partition coefficient (Wildman–Crippen LogP) is 3.66. The lowest BCUT2D eigenvalue weighted by molar-refractivity contribution is -0.111. The molecule has 2 heteroatoms. The minimum Gasteiger partial charge on any atom is -0.393 e. The first-order valence-corrected chi connectivity index (χ1v) is 8.57. The van der Waals surface area contributed by atoms with Gasteiger partial charge >= 0.3 is 0 Å². The van der Waals surface area contributed by atoms with Crippen LogP contribution >= 0.6 is 0 Å². The molecule has 0 radical (unpaired) electrons. The number of carbonyl (C=O) groups excluding carboxylic acids is 1. The van der Waals surface area contributed by atoms with Crippen LogP contribution in [-0.4, -0.2) is 17.0 Å². The Kier molecular flexibility index (Phi) is 2.83. The SMILES string of the molecule is C[C@]12CC[C@@H]3[C@H](CCC4=CC(=O)C=C[C@]43C)[C@@H]1CC[C@@H]2O. The van der Waals surface area contributed by atoms with E-state index in [0.717, 1.165) is 25.2 Å².